The molecule has 162 valence electrons. The van der Waals surface area contributed by atoms with Crippen molar-refractivity contribution in [1.29, 1.82) is 0 Å². The lowest BCUT2D eigenvalue weighted by Gasteiger charge is -2.41. The molecule has 2 aliphatic rings. The van der Waals surface area contributed by atoms with Crippen molar-refractivity contribution in [3.8, 4) is 11.5 Å². The third-order valence-electron chi connectivity index (χ3n) is 5.93. The molecule has 0 spiro atoms. The van der Waals surface area contributed by atoms with Crippen LogP contribution < -0.4 is 10.1 Å². The van der Waals surface area contributed by atoms with Crippen LogP contribution in [0.2, 0.25) is 0 Å². The number of amidine groups is 1. The van der Waals surface area contributed by atoms with Crippen molar-refractivity contribution in [1.82, 2.24) is 9.80 Å². The van der Waals surface area contributed by atoms with Crippen molar-refractivity contribution in [2.45, 2.75) is 19.9 Å². The second-order valence-electron chi connectivity index (χ2n) is 8.29. The fraction of sp³-hybridized carbons (Fsp3) is 0.231. The summed E-state index contributed by atoms with van der Waals surface area (Å²) in [5, 5.41) is 3.02. The van der Waals surface area contributed by atoms with Crippen molar-refractivity contribution in [3.05, 3.63) is 83.9 Å². The van der Waals surface area contributed by atoms with Crippen molar-refractivity contribution in [3.63, 3.8) is 0 Å². The zero-order valence-electron chi connectivity index (χ0n) is 18.3. The number of benzene rings is 3. The molecule has 1 unspecified atom stereocenters. The topological polar surface area (TPSA) is 57.2 Å². The van der Waals surface area contributed by atoms with E-state index < -0.39 is 0 Å². The second kappa shape index (κ2) is 8.38. The number of piperazine rings is 1. The number of hydrogen-bond donors (Lipinski definition) is 1. The maximum atomic E-state index is 12.9. The number of amides is 2. The van der Waals surface area contributed by atoms with E-state index in [1.807, 2.05) is 84.6 Å². The number of urea groups is 1. The highest BCUT2D eigenvalue weighted by atomic mass is 16.5. The van der Waals surface area contributed by atoms with Crippen molar-refractivity contribution < 1.29 is 9.53 Å². The number of para-hydroxylation sites is 3. The van der Waals surface area contributed by atoms with Gasteiger partial charge in [0.2, 0.25) is 0 Å². The quantitative estimate of drug-likeness (QED) is 0.565. The molecule has 2 amide bonds. The minimum absolute atomic E-state index is 0.0310. The second-order valence-corrected chi connectivity index (χ2v) is 8.29. The minimum Gasteiger partial charge on any atom is -0.454 e. The van der Waals surface area contributed by atoms with Gasteiger partial charge in [0.25, 0.3) is 0 Å². The Morgan fingerprint density at radius 1 is 0.969 bits per heavy atom. The van der Waals surface area contributed by atoms with Crippen LogP contribution in [0.1, 0.15) is 18.1 Å². The van der Waals surface area contributed by atoms with Gasteiger partial charge in [-0.3, -0.25) is 0 Å². The van der Waals surface area contributed by atoms with E-state index in [-0.39, 0.29) is 12.1 Å². The fourth-order valence-electron chi connectivity index (χ4n) is 4.19. The van der Waals surface area contributed by atoms with Crippen molar-refractivity contribution in [2.24, 2.45) is 4.99 Å². The SMILES string of the molecule is Cc1ccc(NC(=O)N2CCN(C3=Nc4ccccc4Oc4ccccc43)CC2C)cc1. The molecule has 1 atom stereocenters. The molecule has 2 heterocycles. The first-order chi connectivity index (χ1) is 15.6. The van der Waals surface area contributed by atoms with Gasteiger partial charge in [0.05, 0.1) is 5.56 Å². The first kappa shape index (κ1) is 20.1. The van der Waals surface area contributed by atoms with Crippen molar-refractivity contribution in [2.75, 3.05) is 25.0 Å². The summed E-state index contributed by atoms with van der Waals surface area (Å²) in [6.45, 7) is 6.11. The summed E-state index contributed by atoms with van der Waals surface area (Å²) in [5.74, 6) is 2.43. The van der Waals surface area contributed by atoms with Gasteiger partial charge >= 0.3 is 6.03 Å². The number of hydrogen-bond acceptors (Lipinski definition) is 4. The summed E-state index contributed by atoms with van der Waals surface area (Å²) in [6.07, 6.45) is 0. The van der Waals surface area contributed by atoms with E-state index in [9.17, 15) is 4.79 Å². The van der Waals surface area contributed by atoms with Crippen LogP contribution in [0.15, 0.2) is 77.8 Å². The first-order valence-corrected chi connectivity index (χ1v) is 10.9. The normalized spacial score (nSPS) is 17.4. The number of aryl methyl sites for hydroxylation is 1. The average Bonchev–Trinajstić information content (AvgIpc) is 2.97. The smallest absolute Gasteiger partial charge is 0.322 e. The van der Waals surface area contributed by atoms with E-state index in [0.717, 1.165) is 34.3 Å². The largest absolute Gasteiger partial charge is 0.454 e. The van der Waals surface area contributed by atoms with Crippen LogP contribution in [0.25, 0.3) is 0 Å². The zero-order chi connectivity index (χ0) is 22.1. The third kappa shape index (κ3) is 3.91. The average molecular weight is 427 g/mol. The molecule has 6 nitrogen and oxygen atoms in total. The Kier molecular flexibility index (Phi) is 5.27. The van der Waals surface area contributed by atoms with E-state index in [1.54, 1.807) is 0 Å². The van der Waals surface area contributed by atoms with Crippen LogP contribution in [0.4, 0.5) is 16.2 Å². The highest BCUT2D eigenvalue weighted by Gasteiger charge is 2.31. The van der Waals surface area contributed by atoms with E-state index in [4.69, 9.17) is 9.73 Å². The van der Waals surface area contributed by atoms with Crippen LogP contribution >= 0.6 is 0 Å². The van der Waals surface area contributed by atoms with Crippen LogP contribution in [-0.2, 0) is 0 Å². The lowest BCUT2D eigenvalue weighted by atomic mass is 10.1. The molecule has 32 heavy (non-hydrogen) atoms. The highest BCUT2D eigenvalue weighted by Crippen LogP contribution is 2.38. The van der Waals surface area contributed by atoms with Gasteiger partial charge in [-0.05, 0) is 50.2 Å². The summed E-state index contributed by atoms with van der Waals surface area (Å²) in [7, 11) is 0. The number of fused-ring (bicyclic) bond motifs is 2. The molecule has 3 aromatic carbocycles. The summed E-state index contributed by atoms with van der Waals surface area (Å²) < 4.78 is 6.17. The highest BCUT2D eigenvalue weighted by molar-refractivity contribution is 6.04. The number of anilines is 1. The number of nitrogens with zero attached hydrogens (tertiary/aromatic N) is 3. The molecule has 0 bridgehead atoms. The molecule has 1 fully saturated rings. The number of ether oxygens (including phenoxy) is 1. The predicted molar refractivity (Wildman–Crippen MR) is 127 cm³/mol. The number of carbonyl (C=O) groups is 1. The Labute approximate surface area is 188 Å². The van der Waals surface area contributed by atoms with E-state index in [2.05, 4.69) is 17.1 Å². The van der Waals surface area contributed by atoms with Gasteiger partial charge in [0.15, 0.2) is 5.75 Å². The maximum absolute atomic E-state index is 12.9. The predicted octanol–water partition coefficient (Wildman–Crippen LogP) is 5.42. The summed E-state index contributed by atoms with van der Waals surface area (Å²) >= 11 is 0. The zero-order valence-corrected chi connectivity index (χ0v) is 18.3. The molecule has 0 aromatic heterocycles. The van der Waals surface area contributed by atoms with Gasteiger partial charge in [-0.2, -0.15) is 0 Å². The van der Waals surface area contributed by atoms with E-state index in [1.165, 1.54) is 5.56 Å². The van der Waals surface area contributed by atoms with Gasteiger partial charge in [-0.1, -0.05) is 42.0 Å². The van der Waals surface area contributed by atoms with E-state index in [0.29, 0.717) is 19.6 Å². The molecule has 5 rings (SSSR count). The van der Waals surface area contributed by atoms with Crippen molar-refractivity contribution >= 4 is 23.2 Å². The number of carbonyl (C=O) groups excluding carboxylic acids is 1. The Balaban J connectivity index is 1.37. The molecule has 6 heteroatoms. The Morgan fingerprint density at radius 2 is 1.69 bits per heavy atom. The molecule has 1 saturated heterocycles. The Hall–Kier alpha value is -3.80. The standard InChI is InChI=1S/C26H26N4O2/c1-18-11-13-20(14-12-18)27-26(31)30-16-15-29(17-19(30)2)25-21-7-3-5-9-23(21)32-24-10-6-4-8-22(24)28-25/h3-14,19H,15-17H2,1-2H3,(H,27,31). The minimum atomic E-state index is -0.0714. The molecule has 3 aromatic rings. The van der Waals surface area contributed by atoms with Crippen LogP contribution in [0, 0.1) is 6.92 Å². The van der Waals surface area contributed by atoms with Gasteiger partial charge in [-0.15, -0.1) is 0 Å². The maximum Gasteiger partial charge on any atom is 0.322 e. The molecular formula is C26H26N4O2. The van der Waals surface area contributed by atoms with Gasteiger partial charge in [0.1, 0.15) is 17.3 Å². The number of nitrogens with one attached hydrogen (secondary N) is 1. The summed E-state index contributed by atoms with van der Waals surface area (Å²) in [4.78, 5) is 22.0. The number of rotatable bonds is 1. The summed E-state index contributed by atoms with van der Waals surface area (Å²) in [6, 6.07) is 23.6. The molecule has 1 N–H and O–H groups in total. The van der Waals surface area contributed by atoms with E-state index >= 15 is 0 Å². The van der Waals surface area contributed by atoms with Crippen LogP contribution in [0.5, 0.6) is 11.5 Å². The lowest BCUT2D eigenvalue weighted by molar-refractivity contribution is 0.145. The molecule has 0 radical (unpaired) electrons. The molecular weight excluding hydrogens is 400 g/mol. The first-order valence-electron chi connectivity index (χ1n) is 10.9. The molecule has 0 aliphatic carbocycles. The van der Waals surface area contributed by atoms with Gasteiger partial charge in [0, 0.05) is 31.4 Å². The molecule has 2 aliphatic heterocycles. The number of aliphatic imine (C=N–C) groups is 1. The van der Waals surface area contributed by atoms with Gasteiger partial charge in [-0.25, -0.2) is 9.79 Å². The Morgan fingerprint density at radius 3 is 2.47 bits per heavy atom. The monoisotopic (exact) mass is 426 g/mol. The molecule has 0 saturated carbocycles. The van der Waals surface area contributed by atoms with Crippen LogP contribution in [-0.4, -0.2) is 47.3 Å². The lowest BCUT2D eigenvalue weighted by Crippen LogP contribution is -2.56. The Bertz CT molecular complexity index is 1170. The fourth-order valence-corrected chi connectivity index (χ4v) is 4.19. The van der Waals surface area contributed by atoms with Crippen LogP contribution in [0.3, 0.4) is 0 Å². The van der Waals surface area contributed by atoms with Gasteiger partial charge < -0.3 is 19.9 Å². The third-order valence-corrected chi connectivity index (χ3v) is 5.93. The summed E-state index contributed by atoms with van der Waals surface area (Å²) in [5.41, 5.74) is 3.76.